The number of carbonyl (C=O) groups excluding carboxylic acids is 1. The van der Waals surface area contributed by atoms with Crippen LogP contribution >= 0.6 is 11.3 Å². The molecule has 0 amide bonds. The number of thiophene rings is 1. The molecule has 0 unspecified atom stereocenters. The van der Waals surface area contributed by atoms with Gasteiger partial charge < -0.3 is 4.74 Å². The number of tetrazole rings is 1. The summed E-state index contributed by atoms with van der Waals surface area (Å²) in [5.74, 6) is 0.0649. The van der Waals surface area contributed by atoms with Gasteiger partial charge in [-0.25, -0.2) is 19.1 Å². The van der Waals surface area contributed by atoms with Gasteiger partial charge >= 0.3 is 5.97 Å². The molecule has 0 spiro atoms. The molecule has 0 fully saturated rings. The van der Waals surface area contributed by atoms with E-state index in [1.807, 2.05) is 31.4 Å². The van der Waals surface area contributed by atoms with Crippen LogP contribution in [0.3, 0.4) is 0 Å². The summed E-state index contributed by atoms with van der Waals surface area (Å²) < 4.78 is 8.93. The van der Waals surface area contributed by atoms with E-state index in [1.54, 1.807) is 33.0 Å². The number of aromatic nitrogens is 7. The molecule has 144 valence electrons. The molecule has 4 aromatic rings. The zero-order valence-electron chi connectivity index (χ0n) is 15.6. The van der Waals surface area contributed by atoms with E-state index < -0.39 is 5.97 Å². The van der Waals surface area contributed by atoms with Crippen molar-refractivity contribution >= 4 is 28.3 Å². The third-order valence-electron chi connectivity index (χ3n) is 4.28. The van der Waals surface area contributed by atoms with Crippen LogP contribution in [0.15, 0.2) is 29.8 Å². The van der Waals surface area contributed by atoms with Gasteiger partial charge in [0.2, 0.25) is 0 Å². The highest BCUT2D eigenvalue weighted by Crippen LogP contribution is 2.28. The van der Waals surface area contributed by atoms with Crippen LogP contribution in [0.5, 0.6) is 0 Å². The molecular formula is C18H19N7O2S. The van der Waals surface area contributed by atoms with Gasteiger partial charge in [0.05, 0.1) is 27.7 Å². The average Bonchev–Trinajstić information content (AvgIpc) is 3.45. The van der Waals surface area contributed by atoms with Crippen molar-refractivity contribution in [3.05, 3.63) is 41.2 Å². The number of esters is 1. The molecule has 0 bridgehead atoms. The fraction of sp³-hybridized carbons (Fsp3) is 0.333. The zero-order chi connectivity index (χ0) is 19.5. The third-order valence-corrected chi connectivity index (χ3v) is 5.17. The summed E-state index contributed by atoms with van der Waals surface area (Å²) in [5.41, 5.74) is 1.82. The second-order valence-corrected chi connectivity index (χ2v) is 7.07. The van der Waals surface area contributed by atoms with Crippen LogP contribution in [0.4, 0.5) is 0 Å². The summed E-state index contributed by atoms with van der Waals surface area (Å²) in [5, 5.41) is 18.5. The van der Waals surface area contributed by atoms with Crippen LogP contribution in [-0.2, 0) is 24.4 Å². The molecule has 0 aliphatic heterocycles. The first-order chi connectivity index (χ1) is 13.7. The molecule has 9 nitrogen and oxygen atoms in total. The Morgan fingerprint density at radius 3 is 2.93 bits per heavy atom. The molecule has 0 aromatic carbocycles. The Balaban J connectivity index is 1.67. The highest BCUT2D eigenvalue weighted by molar-refractivity contribution is 7.13. The van der Waals surface area contributed by atoms with E-state index in [4.69, 9.17) is 9.72 Å². The maximum atomic E-state index is 12.9. The summed E-state index contributed by atoms with van der Waals surface area (Å²) >= 11 is 1.57. The van der Waals surface area contributed by atoms with Gasteiger partial charge in [-0.05, 0) is 41.3 Å². The van der Waals surface area contributed by atoms with Gasteiger partial charge in [-0.2, -0.15) is 5.10 Å². The Bertz CT molecular complexity index is 1100. The Kier molecular flexibility index (Phi) is 5.11. The van der Waals surface area contributed by atoms with Gasteiger partial charge in [-0.15, -0.1) is 16.4 Å². The molecule has 0 aliphatic carbocycles. The Morgan fingerprint density at radius 2 is 2.18 bits per heavy atom. The summed E-state index contributed by atoms with van der Waals surface area (Å²) in [6.07, 6.45) is 2.54. The number of hydrogen-bond acceptors (Lipinski definition) is 8. The van der Waals surface area contributed by atoms with Crippen LogP contribution in [0.25, 0.3) is 21.6 Å². The van der Waals surface area contributed by atoms with Crippen LogP contribution in [-0.4, -0.2) is 40.9 Å². The van der Waals surface area contributed by atoms with Crippen molar-refractivity contribution in [3.63, 3.8) is 0 Å². The van der Waals surface area contributed by atoms with Crippen LogP contribution in [0.1, 0.15) is 36.5 Å². The van der Waals surface area contributed by atoms with E-state index in [0.29, 0.717) is 35.5 Å². The fourth-order valence-electron chi connectivity index (χ4n) is 2.92. The lowest BCUT2D eigenvalue weighted by molar-refractivity contribution is 0.0458. The predicted octanol–water partition coefficient (Wildman–Crippen LogP) is 2.93. The molecule has 0 saturated carbocycles. The van der Waals surface area contributed by atoms with Crippen molar-refractivity contribution in [1.29, 1.82) is 0 Å². The number of nitrogens with zero attached hydrogens (tertiary/aromatic N) is 7. The van der Waals surface area contributed by atoms with Crippen LogP contribution in [0.2, 0.25) is 0 Å². The fourth-order valence-corrected chi connectivity index (χ4v) is 3.60. The number of pyridine rings is 1. The normalized spacial score (nSPS) is 11.2. The minimum atomic E-state index is -0.452. The van der Waals surface area contributed by atoms with Gasteiger partial charge in [0.25, 0.3) is 0 Å². The molecule has 0 saturated heterocycles. The van der Waals surface area contributed by atoms with Gasteiger partial charge in [0.1, 0.15) is 0 Å². The Labute approximate surface area is 165 Å². The Morgan fingerprint density at radius 1 is 1.29 bits per heavy atom. The number of ether oxygens (including phenoxy) is 1. The van der Waals surface area contributed by atoms with E-state index in [1.165, 1.54) is 0 Å². The van der Waals surface area contributed by atoms with E-state index in [9.17, 15) is 4.79 Å². The van der Waals surface area contributed by atoms with E-state index >= 15 is 0 Å². The number of hydrogen-bond donors (Lipinski definition) is 0. The predicted molar refractivity (Wildman–Crippen MR) is 104 cm³/mol. The van der Waals surface area contributed by atoms with Crippen molar-refractivity contribution in [1.82, 2.24) is 35.0 Å². The number of aryl methyl sites for hydroxylation is 2. The lowest BCUT2D eigenvalue weighted by Gasteiger charge is -2.08. The topological polar surface area (TPSA) is 101 Å². The first-order valence-electron chi connectivity index (χ1n) is 9.03. The lowest BCUT2D eigenvalue weighted by atomic mass is 10.1. The van der Waals surface area contributed by atoms with Gasteiger partial charge in [-0.3, -0.25) is 0 Å². The molecule has 4 heterocycles. The van der Waals surface area contributed by atoms with Crippen LogP contribution < -0.4 is 0 Å². The van der Waals surface area contributed by atoms with Crippen molar-refractivity contribution in [2.45, 2.75) is 40.0 Å². The zero-order valence-corrected chi connectivity index (χ0v) is 16.4. The highest BCUT2D eigenvalue weighted by atomic mass is 32.1. The van der Waals surface area contributed by atoms with Crippen LogP contribution in [0, 0.1) is 0 Å². The quantitative estimate of drug-likeness (QED) is 0.442. The summed E-state index contributed by atoms with van der Waals surface area (Å²) in [7, 11) is 0. The first kappa shape index (κ1) is 18.2. The summed E-state index contributed by atoms with van der Waals surface area (Å²) in [4.78, 5) is 18.6. The standard InChI is InChI=1S/C18H19N7O2S/c1-3-7-25-16(21-22-23-25)11-27-18(26)12-9-14(15-6-5-8-28-15)20-17-13(12)10-19-24(17)4-2/h5-6,8-10H,3-4,7,11H2,1-2H3. The maximum absolute atomic E-state index is 12.9. The molecule has 4 aromatic heterocycles. The second kappa shape index (κ2) is 7.85. The lowest BCUT2D eigenvalue weighted by Crippen LogP contribution is -2.11. The van der Waals surface area contributed by atoms with Crippen molar-refractivity contribution in [2.75, 3.05) is 0 Å². The van der Waals surface area contributed by atoms with Gasteiger partial charge in [0, 0.05) is 13.1 Å². The van der Waals surface area contributed by atoms with E-state index in [0.717, 1.165) is 17.0 Å². The summed E-state index contributed by atoms with van der Waals surface area (Å²) in [6, 6.07) is 5.68. The third kappa shape index (κ3) is 3.38. The minimum absolute atomic E-state index is 0.00585. The molecular weight excluding hydrogens is 378 g/mol. The molecule has 4 rings (SSSR count). The van der Waals surface area contributed by atoms with E-state index in [2.05, 4.69) is 20.6 Å². The van der Waals surface area contributed by atoms with Gasteiger partial charge in [-0.1, -0.05) is 13.0 Å². The molecule has 10 heteroatoms. The molecule has 0 aliphatic rings. The maximum Gasteiger partial charge on any atom is 0.339 e. The SMILES string of the molecule is CCCn1nnnc1COC(=O)c1cc(-c2cccs2)nc2c1cnn2CC. The van der Waals surface area contributed by atoms with Crippen molar-refractivity contribution < 1.29 is 9.53 Å². The molecule has 28 heavy (non-hydrogen) atoms. The average molecular weight is 397 g/mol. The van der Waals surface area contributed by atoms with Crippen molar-refractivity contribution in [3.8, 4) is 10.6 Å². The minimum Gasteiger partial charge on any atom is -0.454 e. The Hall–Kier alpha value is -3.14. The molecule has 0 atom stereocenters. The monoisotopic (exact) mass is 397 g/mol. The molecule has 0 N–H and O–H groups in total. The number of carbonyl (C=O) groups is 1. The highest BCUT2D eigenvalue weighted by Gasteiger charge is 2.19. The largest absolute Gasteiger partial charge is 0.454 e. The number of rotatable bonds is 7. The first-order valence-corrected chi connectivity index (χ1v) is 9.91. The molecule has 0 radical (unpaired) electrons. The number of fused-ring (bicyclic) bond motifs is 1. The summed E-state index contributed by atoms with van der Waals surface area (Å²) in [6.45, 7) is 5.35. The van der Waals surface area contributed by atoms with Crippen molar-refractivity contribution in [2.24, 2.45) is 0 Å². The second-order valence-electron chi connectivity index (χ2n) is 6.12. The van der Waals surface area contributed by atoms with Gasteiger partial charge in [0.15, 0.2) is 18.1 Å². The smallest absolute Gasteiger partial charge is 0.339 e. The van der Waals surface area contributed by atoms with E-state index in [-0.39, 0.29) is 6.61 Å².